The average Bonchev–Trinajstić information content (AvgIpc) is 3.13. The molecule has 0 spiro atoms. The van der Waals surface area contributed by atoms with Crippen molar-refractivity contribution in [2.45, 2.75) is 30.2 Å². The van der Waals surface area contributed by atoms with Crippen molar-refractivity contribution in [3.05, 3.63) is 17.7 Å². The van der Waals surface area contributed by atoms with Gasteiger partial charge < -0.3 is 14.8 Å². The van der Waals surface area contributed by atoms with Crippen LogP contribution in [0, 0.1) is 0 Å². The van der Waals surface area contributed by atoms with E-state index in [-0.39, 0.29) is 33.4 Å². The fourth-order valence-corrected chi connectivity index (χ4v) is 2.92. The third kappa shape index (κ3) is 3.41. The van der Waals surface area contributed by atoms with Crippen molar-refractivity contribution in [2.75, 3.05) is 14.2 Å². The predicted molar refractivity (Wildman–Crippen MR) is 77.7 cm³/mol. The molecule has 6 nitrogen and oxygen atoms in total. The lowest BCUT2D eigenvalue weighted by molar-refractivity contribution is 0.0934. The first kappa shape index (κ1) is 15.9. The van der Waals surface area contributed by atoms with Crippen molar-refractivity contribution in [1.29, 1.82) is 0 Å². The highest BCUT2D eigenvalue weighted by Crippen LogP contribution is 2.38. The standard InChI is InChI=1S/C13H16ClNO5S/c1-13(4-5-13)15-12(16)8-6-9(19-2)11(20-3)10(7-8)21(14,17)18/h6-7H,4-5H2,1-3H3,(H,15,16). The molecule has 116 valence electrons. The fraction of sp³-hybridized carbons (Fsp3) is 0.462. The van der Waals surface area contributed by atoms with E-state index >= 15 is 0 Å². The van der Waals surface area contributed by atoms with Crippen molar-refractivity contribution in [2.24, 2.45) is 0 Å². The molecule has 0 bridgehead atoms. The van der Waals surface area contributed by atoms with E-state index in [9.17, 15) is 13.2 Å². The first-order valence-corrected chi connectivity index (χ1v) is 8.54. The van der Waals surface area contributed by atoms with Crippen LogP contribution in [0.4, 0.5) is 0 Å². The molecule has 1 saturated carbocycles. The number of hydrogen-bond acceptors (Lipinski definition) is 5. The summed E-state index contributed by atoms with van der Waals surface area (Å²) in [4.78, 5) is 11.9. The zero-order valence-corrected chi connectivity index (χ0v) is 13.5. The van der Waals surface area contributed by atoms with E-state index in [4.69, 9.17) is 20.2 Å². The van der Waals surface area contributed by atoms with Gasteiger partial charge in [-0.1, -0.05) is 0 Å². The molecule has 1 aromatic rings. The van der Waals surface area contributed by atoms with Gasteiger partial charge >= 0.3 is 0 Å². The topological polar surface area (TPSA) is 81.7 Å². The number of rotatable bonds is 5. The zero-order chi connectivity index (χ0) is 15.8. The minimum absolute atomic E-state index is 0.0262. The van der Waals surface area contributed by atoms with E-state index in [1.165, 1.54) is 26.4 Å². The second-order valence-electron chi connectivity index (χ2n) is 5.16. The molecule has 1 aliphatic rings. The Kier molecular flexibility index (Phi) is 4.08. The Morgan fingerprint density at radius 2 is 1.90 bits per heavy atom. The molecule has 0 atom stereocenters. The summed E-state index contributed by atoms with van der Waals surface area (Å²) in [6.07, 6.45) is 1.79. The summed E-state index contributed by atoms with van der Waals surface area (Å²) in [5, 5.41) is 2.84. The molecule has 1 aromatic carbocycles. The highest BCUT2D eigenvalue weighted by atomic mass is 35.7. The zero-order valence-electron chi connectivity index (χ0n) is 11.9. The largest absolute Gasteiger partial charge is 0.493 e. The van der Waals surface area contributed by atoms with E-state index < -0.39 is 9.05 Å². The summed E-state index contributed by atoms with van der Waals surface area (Å²) >= 11 is 0. The number of methoxy groups -OCH3 is 2. The lowest BCUT2D eigenvalue weighted by atomic mass is 10.1. The van der Waals surface area contributed by atoms with E-state index in [0.29, 0.717) is 0 Å². The minimum Gasteiger partial charge on any atom is -0.493 e. The SMILES string of the molecule is COc1cc(C(=O)NC2(C)CC2)cc(S(=O)(=O)Cl)c1OC. The second-order valence-corrected chi connectivity index (χ2v) is 7.70. The van der Waals surface area contributed by atoms with Crippen LogP contribution in [0.15, 0.2) is 17.0 Å². The second kappa shape index (κ2) is 5.38. The number of carbonyl (C=O) groups excluding carboxylic acids is 1. The number of carbonyl (C=O) groups is 1. The Bertz CT molecular complexity index is 682. The third-order valence-electron chi connectivity index (χ3n) is 3.38. The van der Waals surface area contributed by atoms with Crippen molar-refractivity contribution >= 4 is 25.6 Å². The summed E-state index contributed by atoms with van der Waals surface area (Å²) < 4.78 is 33.4. The minimum atomic E-state index is -4.08. The number of ether oxygens (including phenoxy) is 2. The van der Waals surface area contributed by atoms with Crippen LogP contribution in [0.3, 0.4) is 0 Å². The first-order chi connectivity index (χ1) is 9.70. The summed E-state index contributed by atoms with van der Waals surface area (Å²) in [7, 11) is 3.98. The molecule has 0 unspecified atom stereocenters. The van der Waals surface area contributed by atoms with Crippen molar-refractivity contribution < 1.29 is 22.7 Å². The molecule has 0 saturated heterocycles. The van der Waals surface area contributed by atoms with Gasteiger partial charge in [0.2, 0.25) is 0 Å². The molecular formula is C13H16ClNO5S. The van der Waals surface area contributed by atoms with Gasteiger partial charge in [-0.25, -0.2) is 8.42 Å². The quantitative estimate of drug-likeness (QED) is 0.832. The molecule has 1 amide bonds. The normalized spacial score (nSPS) is 16.2. The van der Waals surface area contributed by atoms with Gasteiger partial charge in [-0.3, -0.25) is 4.79 Å². The Morgan fingerprint density at radius 1 is 1.29 bits per heavy atom. The summed E-state index contributed by atoms with van der Waals surface area (Å²) in [5.41, 5.74) is -0.0652. The Balaban J connectivity index is 2.50. The van der Waals surface area contributed by atoms with Crippen molar-refractivity contribution in [3.63, 3.8) is 0 Å². The maximum atomic E-state index is 12.2. The van der Waals surface area contributed by atoms with Gasteiger partial charge in [0.1, 0.15) is 4.90 Å². The maximum Gasteiger partial charge on any atom is 0.265 e. The molecular weight excluding hydrogens is 318 g/mol. The van der Waals surface area contributed by atoms with Gasteiger partial charge in [0.15, 0.2) is 11.5 Å². The molecule has 0 aliphatic heterocycles. The number of hydrogen-bond donors (Lipinski definition) is 1. The molecule has 1 N–H and O–H groups in total. The van der Waals surface area contributed by atoms with Gasteiger partial charge in [0.05, 0.1) is 14.2 Å². The van der Waals surface area contributed by atoms with Crippen molar-refractivity contribution in [1.82, 2.24) is 5.32 Å². The monoisotopic (exact) mass is 333 g/mol. The number of amides is 1. The van der Waals surface area contributed by atoms with Gasteiger partial charge in [-0.2, -0.15) is 0 Å². The predicted octanol–water partition coefficient (Wildman–Crippen LogP) is 1.91. The van der Waals surface area contributed by atoms with Crippen LogP contribution >= 0.6 is 10.7 Å². The fourth-order valence-electron chi connectivity index (χ4n) is 1.90. The molecule has 8 heteroatoms. The molecule has 1 aliphatic carbocycles. The van der Waals surface area contributed by atoms with Gasteiger partial charge in [0, 0.05) is 21.8 Å². The molecule has 0 radical (unpaired) electrons. The van der Waals surface area contributed by atoms with E-state index in [1.807, 2.05) is 6.92 Å². The van der Waals surface area contributed by atoms with Crippen LogP contribution in [0.5, 0.6) is 11.5 Å². The lowest BCUT2D eigenvalue weighted by Crippen LogP contribution is -2.34. The molecule has 2 rings (SSSR count). The highest BCUT2D eigenvalue weighted by molar-refractivity contribution is 8.13. The summed E-state index contributed by atoms with van der Waals surface area (Å²) in [5.74, 6) is -0.274. The molecule has 0 heterocycles. The van der Waals surface area contributed by atoms with Crippen LogP contribution in [-0.4, -0.2) is 34.1 Å². The highest BCUT2D eigenvalue weighted by Gasteiger charge is 2.39. The van der Waals surface area contributed by atoms with E-state index in [1.54, 1.807) is 0 Å². The van der Waals surface area contributed by atoms with Crippen LogP contribution in [0.25, 0.3) is 0 Å². The Labute approximate surface area is 127 Å². The summed E-state index contributed by atoms with van der Waals surface area (Å²) in [6, 6.07) is 2.61. The van der Waals surface area contributed by atoms with Crippen LogP contribution in [0.2, 0.25) is 0 Å². The lowest BCUT2D eigenvalue weighted by Gasteiger charge is -2.15. The average molecular weight is 334 g/mol. The Morgan fingerprint density at radius 3 is 2.33 bits per heavy atom. The van der Waals surface area contributed by atoms with Gasteiger partial charge in [-0.05, 0) is 31.9 Å². The number of halogens is 1. The van der Waals surface area contributed by atoms with E-state index in [2.05, 4.69) is 5.32 Å². The van der Waals surface area contributed by atoms with E-state index in [0.717, 1.165) is 12.8 Å². The van der Waals surface area contributed by atoms with Gasteiger partial charge in [0.25, 0.3) is 15.0 Å². The van der Waals surface area contributed by atoms with Crippen LogP contribution < -0.4 is 14.8 Å². The molecule has 1 fully saturated rings. The van der Waals surface area contributed by atoms with Crippen LogP contribution in [0.1, 0.15) is 30.1 Å². The molecule has 0 aromatic heterocycles. The van der Waals surface area contributed by atoms with Crippen LogP contribution in [-0.2, 0) is 9.05 Å². The van der Waals surface area contributed by atoms with Crippen molar-refractivity contribution in [3.8, 4) is 11.5 Å². The third-order valence-corrected chi connectivity index (χ3v) is 4.71. The number of nitrogens with one attached hydrogen (secondary N) is 1. The Hall–Kier alpha value is -1.47. The molecule has 21 heavy (non-hydrogen) atoms. The first-order valence-electron chi connectivity index (χ1n) is 6.23. The number of benzene rings is 1. The summed E-state index contributed by atoms with van der Waals surface area (Å²) in [6.45, 7) is 1.92. The maximum absolute atomic E-state index is 12.2. The van der Waals surface area contributed by atoms with Gasteiger partial charge in [-0.15, -0.1) is 0 Å². The smallest absolute Gasteiger partial charge is 0.265 e.